The molecular formula is C13H15N5. The largest absolute Gasteiger partial charge is 0.383 e. The summed E-state index contributed by atoms with van der Waals surface area (Å²) in [5.41, 5.74) is 1.86. The third kappa shape index (κ3) is 3.28. The number of hydrogen-bond acceptors (Lipinski definition) is 4. The van der Waals surface area contributed by atoms with Gasteiger partial charge in [-0.15, -0.1) is 0 Å². The SMILES string of the molecule is CN(C)C=CC(=Nn1ccnc1)c1ccncc1. The third-order valence-corrected chi connectivity index (χ3v) is 2.22. The van der Waals surface area contributed by atoms with Gasteiger partial charge in [-0.05, 0) is 18.2 Å². The monoisotopic (exact) mass is 241 g/mol. The number of aromatic nitrogens is 3. The standard InChI is InChI=1S/C13H15N5/c1-17(2)9-5-13(12-3-6-14-7-4-12)16-18-10-8-15-11-18/h3-11H,1-2H3. The molecule has 0 bridgehead atoms. The van der Waals surface area contributed by atoms with Crippen LogP contribution in [0.5, 0.6) is 0 Å². The van der Waals surface area contributed by atoms with Crippen molar-refractivity contribution >= 4 is 5.71 Å². The zero-order valence-corrected chi connectivity index (χ0v) is 10.4. The van der Waals surface area contributed by atoms with Crippen LogP contribution in [0.25, 0.3) is 0 Å². The van der Waals surface area contributed by atoms with Crippen molar-refractivity contribution < 1.29 is 0 Å². The van der Waals surface area contributed by atoms with Gasteiger partial charge in [-0.2, -0.15) is 5.10 Å². The molecule has 18 heavy (non-hydrogen) atoms. The van der Waals surface area contributed by atoms with E-state index < -0.39 is 0 Å². The molecule has 0 amide bonds. The molecular weight excluding hydrogens is 226 g/mol. The topological polar surface area (TPSA) is 46.3 Å². The van der Waals surface area contributed by atoms with Crippen LogP contribution in [0.4, 0.5) is 0 Å². The van der Waals surface area contributed by atoms with E-state index in [-0.39, 0.29) is 0 Å². The van der Waals surface area contributed by atoms with E-state index in [4.69, 9.17) is 0 Å². The van der Waals surface area contributed by atoms with E-state index in [9.17, 15) is 0 Å². The molecule has 5 heteroatoms. The van der Waals surface area contributed by atoms with E-state index in [0.29, 0.717) is 0 Å². The van der Waals surface area contributed by atoms with Crippen LogP contribution in [0.2, 0.25) is 0 Å². The highest BCUT2D eigenvalue weighted by Crippen LogP contribution is 2.03. The average Bonchev–Trinajstić information content (AvgIpc) is 2.88. The lowest BCUT2D eigenvalue weighted by atomic mass is 10.1. The zero-order chi connectivity index (χ0) is 12.8. The zero-order valence-electron chi connectivity index (χ0n) is 10.4. The molecule has 0 unspecified atom stereocenters. The van der Waals surface area contributed by atoms with E-state index in [1.807, 2.05) is 43.4 Å². The Labute approximate surface area is 106 Å². The van der Waals surface area contributed by atoms with Gasteiger partial charge in [0.15, 0.2) is 0 Å². The van der Waals surface area contributed by atoms with Gasteiger partial charge in [0, 0.05) is 50.6 Å². The smallest absolute Gasteiger partial charge is 0.116 e. The fourth-order valence-electron chi connectivity index (χ4n) is 1.37. The Kier molecular flexibility index (Phi) is 3.86. The summed E-state index contributed by atoms with van der Waals surface area (Å²) in [5, 5.41) is 4.49. The lowest BCUT2D eigenvalue weighted by molar-refractivity contribution is 0.564. The fourth-order valence-corrected chi connectivity index (χ4v) is 1.37. The van der Waals surface area contributed by atoms with Gasteiger partial charge in [0.05, 0.1) is 5.71 Å². The first-order valence-corrected chi connectivity index (χ1v) is 5.57. The Balaban J connectivity index is 2.35. The fraction of sp³-hybridized carbons (Fsp3) is 0.154. The Morgan fingerprint density at radius 1 is 1.22 bits per heavy atom. The second-order valence-electron chi connectivity index (χ2n) is 3.94. The molecule has 0 saturated heterocycles. The number of allylic oxidation sites excluding steroid dienone is 1. The molecule has 2 rings (SSSR count). The highest BCUT2D eigenvalue weighted by Gasteiger charge is 2.00. The third-order valence-electron chi connectivity index (χ3n) is 2.22. The summed E-state index contributed by atoms with van der Waals surface area (Å²) < 4.78 is 1.68. The molecule has 0 aromatic carbocycles. The van der Waals surface area contributed by atoms with Crippen molar-refractivity contribution in [3.05, 3.63) is 61.1 Å². The first-order chi connectivity index (χ1) is 8.75. The van der Waals surface area contributed by atoms with Crippen LogP contribution in [0.15, 0.2) is 60.6 Å². The average molecular weight is 241 g/mol. The van der Waals surface area contributed by atoms with E-state index in [0.717, 1.165) is 11.3 Å². The minimum atomic E-state index is 0.851. The Hall–Kier alpha value is -2.43. The quantitative estimate of drug-likeness (QED) is 0.764. The van der Waals surface area contributed by atoms with E-state index in [1.54, 1.807) is 35.8 Å². The summed E-state index contributed by atoms with van der Waals surface area (Å²) in [5.74, 6) is 0. The molecule has 0 aliphatic heterocycles. The van der Waals surface area contributed by atoms with Crippen LogP contribution in [0, 0.1) is 0 Å². The highest BCUT2D eigenvalue weighted by molar-refractivity contribution is 6.08. The van der Waals surface area contributed by atoms with Gasteiger partial charge < -0.3 is 4.90 Å². The summed E-state index contributed by atoms with van der Waals surface area (Å²) in [4.78, 5) is 9.95. The molecule has 5 nitrogen and oxygen atoms in total. The van der Waals surface area contributed by atoms with Crippen molar-refractivity contribution in [3.8, 4) is 0 Å². The summed E-state index contributed by atoms with van der Waals surface area (Å²) in [6.07, 6.45) is 12.6. The molecule has 2 aromatic heterocycles. The van der Waals surface area contributed by atoms with Gasteiger partial charge in [-0.25, -0.2) is 9.66 Å². The summed E-state index contributed by atoms with van der Waals surface area (Å²) in [7, 11) is 3.94. The number of imidazole rings is 1. The van der Waals surface area contributed by atoms with Gasteiger partial charge in [0.1, 0.15) is 6.33 Å². The Bertz CT molecular complexity index is 526. The van der Waals surface area contributed by atoms with Crippen molar-refractivity contribution in [2.45, 2.75) is 0 Å². The molecule has 0 fully saturated rings. The van der Waals surface area contributed by atoms with Crippen LogP contribution in [-0.2, 0) is 0 Å². The number of pyridine rings is 1. The van der Waals surface area contributed by atoms with E-state index in [1.165, 1.54) is 0 Å². The maximum Gasteiger partial charge on any atom is 0.116 e. The first kappa shape index (κ1) is 12.0. The molecule has 0 aliphatic carbocycles. The van der Waals surface area contributed by atoms with Gasteiger partial charge in [-0.3, -0.25) is 4.98 Å². The van der Waals surface area contributed by atoms with Crippen molar-refractivity contribution in [1.29, 1.82) is 0 Å². The molecule has 2 aromatic rings. The normalized spacial score (nSPS) is 12.0. The Morgan fingerprint density at radius 3 is 2.61 bits per heavy atom. The number of nitrogens with zero attached hydrogens (tertiary/aromatic N) is 5. The minimum absolute atomic E-state index is 0.851. The predicted octanol–water partition coefficient (Wildman–Crippen LogP) is 1.61. The second kappa shape index (κ2) is 5.77. The van der Waals surface area contributed by atoms with Crippen LogP contribution in [-0.4, -0.2) is 39.4 Å². The molecule has 0 aliphatic rings. The summed E-state index contributed by atoms with van der Waals surface area (Å²) in [6, 6.07) is 3.85. The number of hydrogen-bond donors (Lipinski definition) is 0. The van der Waals surface area contributed by atoms with Crippen LogP contribution < -0.4 is 0 Å². The molecule has 0 radical (unpaired) electrons. The van der Waals surface area contributed by atoms with Crippen molar-refractivity contribution in [2.75, 3.05) is 14.1 Å². The van der Waals surface area contributed by atoms with E-state index >= 15 is 0 Å². The van der Waals surface area contributed by atoms with Crippen LogP contribution >= 0.6 is 0 Å². The molecule has 92 valence electrons. The Morgan fingerprint density at radius 2 is 2.00 bits per heavy atom. The van der Waals surface area contributed by atoms with Crippen molar-refractivity contribution in [2.24, 2.45) is 5.10 Å². The van der Waals surface area contributed by atoms with Gasteiger partial charge in [-0.1, -0.05) is 0 Å². The van der Waals surface area contributed by atoms with Crippen molar-refractivity contribution in [3.63, 3.8) is 0 Å². The lowest BCUT2D eigenvalue weighted by Crippen LogP contribution is -2.05. The molecule has 0 atom stereocenters. The summed E-state index contributed by atoms with van der Waals surface area (Å²) in [6.45, 7) is 0. The molecule has 0 spiro atoms. The first-order valence-electron chi connectivity index (χ1n) is 5.57. The summed E-state index contributed by atoms with van der Waals surface area (Å²) >= 11 is 0. The molecule has 2 heterocycles. The van der Waals surface area contributed by atoms with Gasteiger partial charge in [0.2, 0.25) is 0 Å². The van der Waals surface area contributed by atoms with E-state index in [2.05, 4.69) is 15.1 Å². The lowest BCUT2D eigenvalue weighted by Gasteiger charge is -2.05. The maximum absolute atomic E-state index is 4.49. The maximum atomic E-state index is 4.49. The minimum Gasteiger partial charge on any atom is -0.383 e. The van der Waals surface area contributed by atoms with Crippen molar-refractivity contribution in [1.82, 2.24) is 19.5 Å². The number of rotatable bonds is 4. The van der Waals surface area contributed by atoms with Gasteiger partial charge >= 0.3 is 0 Å². The molecule has 0 saturated carbocycles. The van der Waals surface area contributed by atoms with Gasteiger partial charge in [0.25, 0.3) is 0 Å². The van der Waals surface area contributed by atoms with Crippen LogP contribution in [0.1, 0.15) is 5.56 Å². The van der Waals surface area contributed by atoms with Crippen LogP contribution in [0.3, 0.4) is 0 Å². The second-order valence-corrected chi connectivity index (χ2v) is 3.94. The highest BCUT2D eigenvalue weighted by atomic mass is 15.4. The molecule has 0 N–H and O–H groups in total. The predicted molar refractivity (Wildman–Crippen MR) is 71.2 cm³/mol.